The number of para-hydroxylation sites is 1. The SMILES string of the molecule is Cc1c(NC(=O)c2cc(-c3ccco3)nc3c2cnn3C(C)C)c(=O)n(-c2ccccc2)n1C. The van der Waals surface area contributed by atoms with Gasteiger partial charge in [-0.05, 0) is 51.1 Å². The molecule has 0 bridgehead atoms. The van der Waals surface area contributed by atoms with Crippen molar-refractivity contribution < 1.29 is 9.21 Å². The van der Waals surface area contributed by atoms with Gasteiger partial charge in [0.1, 0.15) is 11.4 Å². The molecule has 4 heterocycles. The predicted molar refractivity (Wildman–Crippen MR) is 129 cm³/mol. The smallest absolute Gasteiger partial charge is 0.295 e. The van der Waals surface area contributed by atoms with Gasteiger partial charge in [-0.3, -0.25) is 14.3 Å². The van der Waals surface area contributed by atoms with Gasteiger partial charge in [-0.15, -0.1) is 0 Å². The number of anilines is 1. The number of amides is 1. The maximum absolute atomic E-state index is 13.5. The third-order valence-electron chi connectivity index (χ3n) is 5.87. The van der Waals surface area contributed by atoms with Crippen molar-refractivity contribution in [3.8, 4) is 17.1 Å². The van der Waals surface area contributed by atoms with Gasteiger partial charge in [-0.2, -0.15) is 5.10 Å². The monoisotopic (exact) mass is 456 g/mol. The van der Waals surface area contributed by atoms with Gasteiger partial charge < -0.3 is 9.73 Å². The number of fused-ring (bicyclic) bond motifs is 1. The molecule has 1 N–H and O–H groups in total. The van der Waals surface area contributed by atoms with Gasteiger partial charge in [-0.1, -0.05) is 18.2 Å². The van der Waals surface area contributed by atoms with Gasteiger partial charge in [0.05, 0.1) is 34.8 Å². The van der Waals surface area contributed by atoms with Crippen LogP contribution in [0, 0.1) is 6.92 Å². The summed E-state index contributed by atoms with van der Waals surface area (Å²) in [5.74, 6) is 0.115. The molecule has 0 fully saturated rings. The van der Waals surface area contributed by atoms with Crippen LogP contribution in [0.4, 0.5) is 5.69 Å². The van der Waals surface area contributed by atoms with Crippen LogP contribution in [-0.4, -0.2) is 30.0 Å². The van der Waals surface area contributed by atoms with Crippen LogP contribution in [0.3, 0.4) is 0 Å². The molecule has 1 amide bonds. The zero-order valence-corrected chi connectivity index (χ0v) is 19.3. The van der Waals surface area contributed by atoms with E-state index in [-0.39, 0.29) is 17.3 Å². The van der Waals surface area contributed by atoms with Crippen molar-refractivity contribution in [1.29, 1.82) is 0 Å². The van der Waals surface area contributed by atoms with Crippen molar-refractivity contribution in [2.45, 2.75) is 26.8 Å². The molecule has 9 heteroatoms. The number of hydrogen-bond acceptors (Lipinski definition) is 5. The zero-order chi connectivity index (χ0) is 24.0. The predicted octanol–water partition coefficient (Wildman–Crippen LogP) is 4.32. The normalized spacial score (nSPS) is 11.4. The Morgan fingerprint density at radius 3 is 2.56 bits per heavy atom. The van der Waals surface area contributed by atoms with Crippen molar-refractivity contribution in [2.24, 2.45) is 7.05 Å². The first kappa shape index (κ1) is 21.4. The molecule has 1 aromatic carbocycles. The van der Waals surface area contributed by atoms with E-state index in [2.05, 4.69) is 10.4 Å². The summed E-state index contributed by atoms with van der Waals surface area (Å²) in [6.07, 6.45) is 3.18. The van der Waals surface area contributed by atoms with Gasteiger partial charge in [-0.25, -0.2) is 14.3 Å². The minimum atomic E-state index is -0.422. The fourth-order valence-corrected chi connectivity index (χ4v) is 4.03. The Morgan fingerprint density at radius 2 is 1.88 bits per heavy atom. The summed E-state index contributed by atoms with van der Waals surface area (Å²) in [5.41, 5.74) is 2.69. The summed E-state index contributed by atoms with van der Waals surface area (Å²) >= 11 is 0. The zero-order valence-electron chi connectivity index (χ0n) is 19.3. The molecule has 0 radical (unpaired) electrons. The number of pyridine rings is 1. The number of aromatic nitrogens is 5. The summed E-state index contributed by atoms with van der Waals surface area (Å²) < 4.78 is 10.5. The average molecular weight is 457 g/mol. The van der Waals surface area contributed by atoms with E-state index >= 15 is 0 Å². The van der Waals surface area contributed by atoms with Crippen molar-refractivity contribution >= 4 is 22.6 Å². The Labute approximate surface area is 195 Å². The van der Waals surface area contributed by atoms with Gasteiger partial charge in [0.15, 0.2) is 11.4 Å². The first-order chi connectivity index (χ1) is 16.4. The maximum atomic E-state index is 13.5. The summed E-state index contributed by atoms with van der Waals surface area (Å²) in [5, 5.41) is 7.87. The highest BCUT2D eigenvalue weighted by Gasteiger charge is 2.23. The molecule has 172 valence electrons. The number of nitrogens with one attached hydrogen (secondary N) is 1. The molecule has 0 spiro atoms. The lowest BCUT2D eigenvalue weighted by Gasteiger charge is -2.10. The molecule has 0 saturated carbocycles. The van der Waals surface area contributed by atoms with E-state index in [1.807, 2.05) is 44.2 Å². The molecular weight excluding hydrogens is 432 g/mol. The first-order valence-corrected chi connectivity index (χ1v) is 10.9. The highest BCUT2D eigenvalue weighted by molar-refractivity contribution is 6.12. The van der Waals surface area contributed by atoms with Crippen LogP contribution in [0.1, 0.15) is 35.9 Å². The Hall–Kier alpha value is -4.40. The number of furan rings is 1. The van der Waals surface area contributed by atoms with E-state index in [4.69, 9.17) is 9.40 Å². The second kappa shape index (κ2) is 8.18. The minimum absolute atomic E-state index is 0.0437. The first-order valence-electron chi connectivity index (χ1n) is 10.9. The molecule has 5 aromatic rings. The van der Waals surface area contributed by atoms with E-state index in [0.717, 1.165) is 0 Å². The molecule has 0 aliphatic rings. The van der Waals surface area contributed by atoms with Gasteiger partial charge in [0, 0.05) is 13.1 Å². The van der Waals surface area contributed by atoms with Crippen molar-refractivity contribution in [2.75, 3.05) is 5.32 Å². The lowest BCUT2D eigenvalue weighted by Crippen LogP contribution is -2.23. The Bertz CT molecular complexity index is 1560. The fraction of sp³-hybridized carbons (Fsp3) is 0.200. The van der Waals surface area contributed by atoms with Gasteiger partial charge in [0.2, 0.25) is 0 Å². The van der Waals surface area contributed by atoms with E-state index in [1.165, 1.54) is 4.68 Å². The summed E-state index contributed by atoms with van der Waals surface area (Å²) in [7, 11) is 1.78. The molecule has 9 nitrogen and oxygen atoms in total. The summed E-state index contributed by atoms with van der Waals surface area (Å²) in [6.45, 7) is 5.78. The summed E-state index contributed by atoms with van der Waals surface area (Å²) in [6, 6.07) is 14.5. The Kier molecular flexibility index (Phi) is 5.16. The number of hydrogen-bond donors (Lipinski definition) is 1. The minimum Gasteiger partial charge on any atom is -0.463 e. The molecule has 0 saturated heterocycles. The highest BCUT2D eigenvalue weighted by Crippen LogP contribution is 2.27. The number of carbonyl (C=O) groups excluding carboxylic acids is 1. The van der Waals surface area contributed by atoms with Crippen LogP contribution in [-0.2, 0) is 7.05 Å². The van der Waals surface area contributed by atoms with Crippen molar-refractivity contribution in [3.05, 3.63) is 82.6 Å². The molecule has 0 aliphatic carbocycles. The largest absolute Gasteiger partial charge is 0.463 e. The second-order valence-electron chi connectivity index (χ2n) is 8.34. The van der Waals surface area contributed by atoms with Gasteiger partial charge >= 0.3 is 0 Å². The van der Waals surface area contributed by atoms with Crippen LogP contribution in [0.2, 0.25) is 0 Å². The standard InChI is InChI=1S/C25H24N6O3/c1-15(2)30-23-19(14-26-30)18(13-20(27-23)21-11-8-12-34-21)24(32)28-22-16(3)29(4)31(25(22)33)17-9-6-5-7-10-17/h5-15H,1-4H3,(H,28,32). The molecule has 34 heavy (non-hydrogen) atoms. The third kappa shape index (κ3) is 3.42. The van der Waals surface area contributed by atoms with Crippen LogP contribution < -0.4 is 10.9 Å². The number of nitrogens with zero attached hydrogens (tertiary/aromatic N) is 5. The Balaban J connectivity index is 1.62. The van der Waals surface area contributed by atoms with Gasteiger partial charge in [0.25, 0.3) is 11.5 Å². The molecule has 0 atom stereocenters. The Morgan fingerprint density at radius 1 is 1.12 bits per heavy atom. The molecule has 0 aliphatic heterocycles. The lowest BCUT2D eigenvalue weighted by atomic mass is 10.1. The fourth-order valence-electron chi connectivity index (χ4n) is 4.03. The summed E-state index contributed by atoms with van der Waals surface area (Å²) in [4.78, 5) is 31.5. The second-order valence-corrected chi connectivity index (χ2v) is 8.34. The van der Waals surface area contributed by atoms with Crippen LogP contribution in [0.5, 0.6) is 0 Å². The number of benzene rings is 1. The van der Waals surface area contributed by atoms with Crippen molar-refractivity contribution in [1.82, 2.24) is 24.1 Å². The number of carbonyl (C=O) groups is 1. The van der Waals surface area contributed by atoms with E-state index < -0.39 is 5.91 Å². The maximum Gasteiger partial charge on any atom is 0.295 e. The lowest BCUT2D eigenvalue weighted by molar-refractivity contribution is 0.102. The molecule has 0 unspecified atom stereocenters. The molecular formula is C25H24N6O3. The number of rotatable bonds is 5. The highest BCUT2D eigenvalue weighted by atomic mass is 16.3. The average Bonchev–Trinajstić information content (AvgIpc) is 3.55. The van der Waals surface area contributed by atoms with E-state index in [1.54, 1.807) is 54.0 Å². The van der Waals surface area contributed by atoms with E-state index in [0.29, 0.717) is 39.4 Å². The molecule has 5 rings (SSSR count). The topological polar surface area (TPSA) is 99.9 Å². The van der Waals surface area contributed by atoms with Crippen LogP contribution in [0.25, 0.3) is 28.2 Å². The quantitative estimate of drug-likeness (QED) is 0.425. The third-order valence-corrected chi connectivity index (χ3v) is 5.87. The van der Waals surface area contributed by atoms with E-state index in [9.17, 15) is 9.59 Å². The van der Waals surface area contributed by atoms with Crippen LogP contribution >= 0.6 is 0 Å². The molecule has 4 aromatic heterocycles. The van der Waals surface area contributed by atoms with Crippen molar-refractivity contribution in [3.63, 3.8) is 0 Å². The van der Waals surface area contributed by atoms with Crippen LogP contribution in [0.15, 0.2) is 70.2 Å².